The van der Waals surface area contributed by atoms with Crippen molar-refractivity contribution in [1.29, 1.82) is 0 Å². The summed E-state index contributed by atoms with van der Waals surface area (Å²) >= 11 is 2.03. The van der Waals surface area contributed by atoms with E-state index in [2.05, 4.69) is 158 Å². The number of benzene rings is 7. The van der Waals surface area contributed by atoms with Gasteiger partial charge in [0.2, 0.25) is 0 Å². The van der Waals surface area contributed by atoms with Gasteiger partial charge in [0.15, 0.2) is 0 Å². The van der Waals surface area contributed by atoms with E-state index in [1.54, 1.807) is 0 Å². The van der Waals surface area contributed by atoms with Crippen molar-refractivity contribution in [3.05, 3.63) is 169 Å². The molecule has 0 N–H and O–H groups in total. The SMILES string of the molecule is C1=CC2c3cccc(-c4cccc(-c5ccc6c7ccccc7c7ccccc7c6c5)c4)c3SC2C(c2ccccc2)=C1. The second kappa shape index (κ2) is 9.87. The van der Waals surface area contributed by atoms with Crippen LogP contribution >= 0.6 is 11.8 Å². The summed E-state index contributed by atoms with van der Waals surface area (Å²) in [5.41, 5.74) is 9.29. The zero-order valence-corrected chi connectivity index (χ0v) is 24.4. The van der Waals surface area contributed by atoms with E-state index in [0.717, 1.165) is 0 Å². The van der Waals surface area contributed by atoms with Crippen LogP contribution in [0.25, 0.3) is 60.1 Å². The van der Waals surface area contributed by atoms with E-state index in [1.165, 1.54) is 76.2 Å². The maximum Gasteiger partial charge on any atom is 0.0454 e. The highest BCUT2D eigenvalue weighted by Gasteiger charge is 2.37. The average Bonchev–Trinajstić information content (AvgIpc) is 3.48. The largest absolute Gasteiger partial charge is 0.116 e. The summed E-state index contributed by atoms with van der Waals surface area (Å²) in [6, 6.07) is 51.5. The van der Waals surface area contributed by atoms with E-state index in [4.69, 9.17) is 0 Å². The Labute approximate surface area is 256 Å². The van der Waals surface area contributed by atoms with Crippen molar-refractivity contribution in [2.24, 2.45) is 0 Å². The molecule has 2 atom stereocenters. The average molecular weight is 565 g/mol. The lowest BCUT2D eigenvalue weighted by atomic mass is 9.84. The molecule has 0 saturated heterocycles. The second-order valence-electron chi connectivity index (χ2n) is 11.6. The topological polar surface area (TPSA) is 0 Å². The fourth-order valence-corrected chi connectivity index (χ4v) is 8.85. The van der Waals surface area contributed by atoms with Crippen molar-refractivity contribution in [2.75, 3.05) is 0 Å². The molecule has 43 heavy (non-hydrogen) atoms. The molecule has 1 aliphatic carbocycles. The van der Waals surface area contributed by atoms with Crippen LogP contribution in [-0.2, 0) is 0 Å². The Hall–Kier alpha value is -4.85. The van der Waals surface area contributed by atoms with Gasteiger partial charge in [-0.05, 0) is 83.4 Å². The van der Waals surface area contributed by atoms with E-state index in [-0.39, 0.29) is 0 Å². The molecule has 2 aliphatic rings. The van der Waals surface area contributed by atoms with Crippen LogP contribution in [0.3, 0.4) is 0 Å². The highest BCUT2D eigenvalue weighted by Crippen LogP contribution is 2.55. The van der Waals surface area contributed by atoms with Gasteiger partial charge in [0.25, 0.3) is 0 Å². The zero-order chi connectivity index (χ0) is 28.3. The van der Waals surface area contributed by atoms with Gasteiger partial charge in [-0.2, -0.15) is 0 Å². The smallest absolute Gasteiger partial charge is 0.0454 e. The molecule has 0 fully saturated rings. The van der Waals surface area contributed by atoms with Crippen LogP contribution in [0.2, 0.25) is 0 Å². The minimum atomic E-state index is 0.395. The van der Waals surface area contributed by atoms with Crippen LogP contribution in [0, 0.1) is 0 Å². The molecule has 0 spiro atoms. The Morgan fingerprint density at radius 1 is 0.442 bits per heavy atom. The van der Waals surface area contributed by atoms with Crippen LogP contribution in [0.15, 0.2) is 163 Å². The van der Waals surface area contributed by atoms with Crippen molar-refractivity contribution in [2.45, 2.75) is 16.1 Å². The lowest BCUT2D eigenvalue weighted by Crippen LogP contribution is -2.13. The highest BCUT2D eigenvalue weighted by atomic mass is 32.2. The number of hydrogen-bond donors (Lipinski definition) is 0. The standard InChI is InChI=1S/C42H28S/c1-2-11-27(12-3-1)31-19-9-21-38-39-22-10-20-32(42(39)43-41(31)38)30-14-8-13-28(25-30)29-23-24-37-35-17-5-4-15-33(35)34-16-6-7-18-36(34)40(37)26-29/h1-26,38,41H. The molecule has 1 heterocycles. The van der Waals surface area contributed by atoms with E-state index >= 15 is 0 Å². The molecule has 0 saturated carbocycles. The van der Waals surface area contributed by atoms with Crippen molar-refractivity contribution in [3.8, 4) is 22.3 Å². The quantitative estimate of drug-likeness (QED) is 0.192. The van der Waals surface area contributed by atoms with E-state index in [0.29, 0.717) is 11.2 Å². The molecule has 0 nitrogen and oxygen atoms in total. The van der Waals surface area contributed by atoms with Gasteiger partial charge in [-0.3, -0.25) is 0 Å². The summed E-state index contributed by atoms with van der Waals surface area (Å²) in [6.45, 7) is 0. The van der Waals surface area contributed by atoms with E-state index in [9.17, 15) is 0 Å². The van der Waals surface area contributed by atoms with Crippen LogP contribution in [0.1, 0.15) is 17.0 Å². The Kier molecular flexibility index (Phi) is 5.67. The minimum Gasteiger partial charge on any atom is -0.116 e. The molecular formula is C42H28S. The molecule has 202 valence electrons. The first-order valence-corrected chi connectivity index (χ1v) is 15.9. The third-order valence-electron chi connectivity index (χ3n) is 9.23. The van der Waals surface area contributed by atoms with Gasteiger partial charge < -0.3 is 0 Å². The summed E-state index contributed by atoms with van der Waals surface area (Å²) in [5, 5.41) is 8.27. The summed E-state index contributed by atoms with van der Waals surface area (Å²) in [7, 11) is 0. The van der Waals surface area contributed by atoms with Gasteiger partial charge in [-0.25, -0.2) is 0 Å². The van der Waals surface area contributed by atoms with Gasteiger partial charge in [0, 0.05) is 16.1 Å². The third-order valence-corrected chi connectivity index (χ3v) is 10.7. The maximum absolute atomic E-state index is 2.39. The van der Waals surface area contributed by atoms with Gasteiger partial charge in [-0.15, -0.1) is 11.8 Å². The normalized spacial score (nSPS) is 17.3. The van der Waals surface area contributed by atoms with Crippen molar-refractivity contribution < 1.29 is 0 Å². The van der Waals surface area contributed by atoms with Gasteiger partial charge in [0.05, 0.1) is 0 Å². The minimum absolute atomic E-state index is 0.395. The molecule has 7 aromatic carbocycles. The molecule has 0 radical (unpaired) electrons. The summed E-state index contributed by atoms with van der Waals surface area (Å²) < 4.78 is 0. The Balaban J connectivity index is 1.15. The lowest BCUT2D eigenvalue weighted by molar-refractivity contribution is 0.893. The Bertz CT molecular complexity index is 2240. The number of fused-ring (bicyclic) bond motifs is 9. The van der Waals surface area contributed by atoms with Gasteiger partial charge in [-0.1, -0.05) is 146 Å². The molecule has 2 unspecified atom stereocenters. The first-order chi connectivity index (χ1) is 21.3. The fourth-order valence-electron chi connectivity index (χ4n) is 7.22. The molecule has 1 heteroatoms. The summed E-state index contributed by atoms with van der Waals surface area (Å²) in [6.07, 6.45) is 6.95. The number of hydrogen-bond acceptors (Lipinski definition) is 1. The van der Waals surface area contributed by atoms with Crippen LogP contribution in [-0.4, -0.2) is 5.25 Å². The Morgan fingerprint density at radius 3 is 1.81 bits per heavy atom. The van der Waals surface area contributed by atoms with Crippen LogP contribution < -0.4 is 0 Å². The fraction of sp³-hybridized carbons (Fsp3) is 0.0476. The van der Waals surface area contributed by atoms with Gasteiger partial charge in [0.1, 0.15) is 0 Å². The maximum atomic E-state index is 2.39. The molecular weight excluding hydrogens is 537 g/mol. The zero-order valence-electron chi connectivity index (χ0n) is 23.6. The number of allylic oxidation sites excluding steroid dienone is 3. The molecule has 1 aliphatic heterocycles. The molecule has 0 bridgehead atoms. The predicted octanol–water partition coefficient (Wildman–Crippen LogP) is 11.7. The van der Waals surface area contributed by atoms with Crippen molar-refractivity contribution in [3.63, 3.8) is 0 Å². The van der Waals surface area contributed by atoms with Crippen LogP contribution in [0.4, 0.5) is 0 Å². The molecule has 0 amide bonds. The number of rotatable bonds is 3. The first kappa shape index (κ1) is 24.7. The molecule has 0 aromatic heterocycles. The van der Waals surface area contributed by atoms with E-state index in [1.807, 2.05) is 11.8 Å². The number of thioether (sulfide) groups is 1. The summed E-state index contributed by atoms with van der Waals surface area (Å²) in [5.74, 6) is 0.395. The second-order valence-corrected chi connectivity index (χ2v) is 12.7. The Morgan fingerprint density at radius 2 is 1.05 bits per heavy atom. The molecule has 7 aromatic rings. The predicted molar refractivity (Wildman–Crippen MR) is 186 cm³/mol. The van der Waals surface area contributed by atoms with E-state index < -0.39 is 0 Å². The highest BCUT2D eigenvalue weighted by molar-refractivity contribution is 8.01. The van der Waals surface area contributed by atoms with Crippen molar-refractivity contribution >= 4 is 49.7 Å². The van der Waals surface area contributed by atoms with Gasteiger partial charge >= 0.3 is 0 Å². The summed E-state index contributed by atoms with van der Waals surface area (Å²) in [4.78, 5) is 1.42. The van der Waals surface area contributed by atoms with Crippen LogP contribution in [0.5, 0.6) is 0 Å². The monoisotopic (exact) mass is 564 g/mol. The third kappa shape index (κ3) is 3.92. The lowest BCUT2D eigenvalue weighted by Gasteiger charge is -2.23. The molecule has 9 rings (SSSR count). The van der Waals surface area contributed by atoms with Crippen molar-refractivity contribution in [1.82, 2.24) is 0 Å². The first-order valence-electron chi connectivity index (χ1n) is 15.0.